The number of anilines is 1. The number of methoxy groups -OCH3 is 1. The lowest BCUT2D eigenvalue weighted by molar-refractivity contribution is -0.384. The monoisotopic (exact) mass is 356 g/mol. The molecule has 1 amide bonds. The zero-order valence-electron chi connectivity index (χ0n) is 13.0. The van der Waals surface area contributed by atoms with E-state index < -0.39 is 16.8 Å². The first-order valence-corrected chi connectivity index (χ1v) is 7.98. The Balaban J connectivity index is 1.97. The molecule has 1 aromatic heterocycles. The van der Waals surface area contributed by atoms with Gasteiger partial charge in [-0.3, -0.25) is 14.9 Å². The summed E-state index contributed by atoms with van der Waals surface area (Å²) < 4.78 is 5.62. The smallest absolute Gasteiger partial charge is 0.350 e. The topological polar surface area (TPSA) is 98.5 Å². The molecule has 0 saturated heterocycles. The molecule has 0 unspecified atom stereocenters. The molecule has 0 radical (unpaired) electrons. The van der Waals surface area contributed by atoms with Gasteiger partial charge in [0, 0.05) is 27.8 Å². The molecule has 0 aliphatic carbocycles. The number of nitrogens with one attached hydrogen (secondary N) is 1. The Bertz CT molecular complexity index is 978. The van der Waals surface area contributed by atoms with Crippen molar-refractivity contribution in [1.29, 1.82) is 0 Å². The Hall–Kier alpha value is -3.26. The number of non-ortho nitro benzene ring substituents is 1. The van der Waals surface area contributed by atoms with E-state index >= 15 is 0 Å². The van der Waals surface area contributed by atoms with Gasteiger partial charge in [-0.1, -0.05) is 18.2 Å². The van der Waals surface area contributed by atoms with Gasteiger partial charge in [0.1, 0.15) is 4.88 Å². The SMILES string of the molecule is COC(=O)c1sc2ccccc2c1NC(=O)c1ccc([N+](=O)[O-])cc1. The van der Waals surface area contributed by atoms with E-state index in [0.29, 0.717) is 10.6 Å². The summed E-state index contributed by atoms with van der Waals surface area (Å²) in [6, 6.07) is 12.5. The normalized spacial score (nSPS) is 10.4. The van der Waals surface area contributed by atoms with Gasteiger partial charge in [-0.25, -0.2) is 4.79 Å². The average Bonchev–Trinajstić information content (AvgIpc) is 2.99. The number of thiophene rings is 1. The molecule has 2 aromatic carbocycles. The molecule has 0 saturated carbocycles. The predicted octanol–water partition coefficient (Wildman–Crippen LogP) is 3.85. The summed E-state index contributed by atoms with van der Waals surface area (Å²) in [5.41, 5.74) is 0.514. The van der Waals surface area contributed by atoms with Crippen molar-refractivity contribution in [3.8, 4) is 0 Å². The maximum atomic E-state index is 12.5. The molecule has 7 nitrogen and oxygen atoms in total. The molecule has 1 N–H and O–H groups in total. The quantitative estimate of drug-likeness (QED) is 0.435. The van der Waals surface area contributed by atoms with Crippen molar-refractivity contribution in [2.45, 2.75) is 0 Å². The van der Waals surface area contributed by atoms with E-state index in [2.05, 4.69) is 5.32 Å². The highest BCUT2D eigenvalue weighted by Gasteiger charge is 2.21. The van der Waals surface area contributed by atoms with Gasteiger partial charge in [0.2, 0.25) is 0 Å². The molecule has 3 aromatic rings. The first-order chi connectivity index (χ1) is 12.0. The zero-order chi connectivity index (χ0) is 18.0. The maximum Gasteiger partial charge on any atom is 0.350 e. The highest BCUT2D eigenvalue weighted by molar-refractivity contribution is 7.21. The van der Waals surface area contributed by atoms with Crippen molar-refractivity contribution in [2.24, 2.45) is 0 Å². The lowest BCUT2D eigenvalue weighted by Crippen LogP contribution is -2.14. The number of benzene rings is 2. The summed E-state index contributed by atoms with van der Waals surface area (Å²) in [5, 5.41) is 14.1. The number of amides is 1. The Labute approximate surface area is 146 Å². The van der Waals surface area contributed by atoms with Gasteiger partial charge >= 0.3 is 5.97 Å². The van der Waals surface area contributed by atoms with Crippen molar-refractivity contribution in [3.63, 3.8) is 0 Å². The third-order valence-electron chi connectivity index (χ3n) is 3.55. The van der Waals surface area contributed by atoms with E-state index in [4.69, 9.17) is 4.74 Å². The molecule has 0 atom stereocenters. The number of rotatable bonds is 4. The first-order valence-electron chi connectivity index (χ1n) is 7.17. The summed E-state index contributed by atoms with van der Waals surface area (Å²) >= 11 is 1.22. The Morgan fingerprint density at radius 2 is 1.80 bits per heavy atom. The molecular weight excluding hydrogens is 344 g/mol. The fraction of sp³-hybridized carbons (Fsp3) is 0.0588. The van der Waals surface area contributed by atoms with Crippen LogP contribution in [0.15, 0.2) is 48.5 Å². The summed E-state index contributed by atoms with van der Waals surface area (Å²) in [7, 11) is 1.27. The van der Waals surface area contributed by atoms with E-state index in [1.165, 1.54) is 42.7 Å². The van der Waals surface area contributed by atoms with Crippen molar-refractivity contribution in [3.05, 3.63) is 69.1 Å². The van der Waals surface area contributed by atoms with E-state index in [1.54, 1.807) is 12.1 Å². The van der Waals surface area contributed by atoms with Crippen LogP contribution >= 0.6 is 11.3 Å². The molecule has 126 valence electrons. The second-order valence-electron chi connectivity index (χ2n) is 5.05. The molecule has 0 spiro atoms. The van der Waals surface area contributed by atoms with Gasteiger partial charge in [-0.15, -0.1) is 11.3 Å². The number of nitro groups is 1. The van der Waals surface area contributed by atoms with Gasteiger partial charge < -0.3 is 10.1 Å². The van der Waals surface area contributed by atoms with Crippen LogP contribution in [0.3, 0.4) is 0 Å². The lowest BCUT2D eigenvalue weighted by Gasteiger charge is -2.06. The van der Waals surface area contributed by atoms with Crippen LogP contribution in [0.5, 0.6) is 0 Å². The minimum Gasteiger partial charge on any atom is -0.465 e. The van der Waals surface area contributed by atoms with Gasteiger partial charge in [0.05, 0.1) is 17.7 Å². The molecule has 3 rings (SSSR count). The molecule has 0 aliphatic heterocycles. The fourth-order valence-electron chi connectivity index (χ4n) is 2.33. The molecule has 8 heteroatoms. The second kappa shape index (κ2) is 6.70. The molecule has 0 aliphatic rings. The number of carbonyl (C=O) groups excluding carboxylic acids is 2. The maximum absolute atomic E-state index is 12.5. The van der Waals surface area contributed by atoms with E-state index in [1.807, 2.05) is 12.1 Å². The average molecular weight is 356 g/mol. The van der Waals surface area contributed by atoms with Crippen LogP contribution < -0.4 is 5.32 Å². The summed E-state index contributed by atoms with van der Waals surface area (Å²) in [4.78, 5) is 34.9. The van der Waals surface area contributed by atoms with Crippen LogP contribution in [-0.2, 0) is 4.74 Å². The van der Waals surface area contributed by atoms with Crippen LogP contribution in [0.2, 0.25) is 0 Å². The lowest BCUT2D eigenvalue weighted by atomic mass is 10.1. The largest absolute Gasteiger partial charge is 0.465 e. The number of nitro benzene ring substituents is 1. The second-order valence-corrected chi connectivity index (χ2v) is 6.10. The zero-order valence-corrected chi connectivity index (χ0v) is 13.8. The number of nitrogens with zero attached hydrogens (tertiary/aromatic N) is 1. The molecule has 0 fully saturated rings. The van der Waals surface area contributed by atoms with Crippen molar-refractivity contribution in [2.75, 3.05) is 12.4 Å². The van der Waals surface area contributed by atoms with Gasteiger partial charge in [0.25, 0.3) is 11.6 Å². The van der Waals surface area contributed by atoms with E-state index in [-0.39, 0.29) is 11.3 Å². The third-order valence-corrected chi connectivity index (χ3v) is 4.70. The van der Waals surface area contributed by atoms with Crippen molar-refractivity contribution in [1.82, 2.24) is 0 Å². The minimum absolute atomic E-state index is 0.104. The van der Waals surface area contributed by atoms with Crippen LogP contribution in [0, 0.1) is 10.1 Å². The number of fused-ring (bicyclic) bond motifs is 1. The Morgan fingerprint density at radius 1 is 1.12 bits per heavy atom. The summed E-state index contributed by atoms with van der Waals surface area (Å²) in [5.74, 6) is -1.01. The fourth-order valence-corrected chi connectivity index (χ4v) is 3.40. The number of hydrogen-bond acceptors (Lipinski definition) is 6. The number of carbonyl (C=O) groups is 2. The van der Waals surface area contributed by atoms with E-state index in [9.17, 15) is 19.7 Å². The van der Waals surface area contributed by atoms with Crippen molar-refractivity contribution >= 4 is 44.7 Å². The van der Waals surface area contributed by atoms with Crippen LogP contribution in [0.1, 0.15) is 20.0 Å². The molecular formula is C17H12N2O5S. The van der Waals surface area contributed by atoms with Crippen LogP contribution in [0.4, 0.5) is 11.4 Å². The number of ether oxygens (including phenoxy) is 1. The molecule has 1 heterocycles. The third kappa shape index (κ3) is 3.20. The summed E-state index contributed by atoms with van der Waals surface area (Å²) in [6.45, 7) is 0. The summed E-state index contributed by atoms with van der Waals surface area (Å²) in [6.07, 6.45) is 0. The molecule has 25 heavy (non-hydrogen) atoms. The van der Waals surface area contributed by atoms with Gasteiger partial charge in [-0.05, 0) is 18.2 Å². The standard InChI is InChI=1S/C17H12N2O5S/c1-24-17(21)15-14(12-4-2-3-5-13(12)25-15)18-16(20)10-6-8-11(9-7-10)19(22)23/h2-9H,1H3,(H,18,20). The Morgan fingerprint density at radius 3 is 2.44 bits per heavy atom. The minimum atomic E-state index is -0.541. The highest BCUT2D eigenvalue weighted by Crippen LogP contribution is 2.36. The van der Waals surface area contributed by atoms with Gasteiger partial charge in [-0.2, -0.15) is 0 Å². The number of hydrogen-bond donors (Lipinski definition) is 1. The van der Waals surface area contributed by atoms with Crippen LogP contribution in [-0.4, -0.2) is 23.9 Å². The van der Waals surface area contributed by atoms with E-state index in [0.717, 1.165) is 10.1 Å². The molecule has 0 bridgehead atoms. The predicted molar refractivity (Wildman–Crippen MR) is 94.2 cm³/mol. The Kier molecular flexibility index (Phi) is 4.44. The highest BCUT2D eigenvalue weighted by atomic mass is 32.1. The first kappa shape index (κ1) is 16.6. The van der Waals surface area contributed by atoms with Gasteiger partial charge in [0.15, 0.2) is 0 Å². The van der Waals surface area contributed by atoms with Crippen molar-refractivity contribution < 1.29 is 19.2 Å². The van der Waals surface area contributed by atoms with Crippen LogP contribution in [0.25, 0.3) is 10.1 Å². The number of esters is 1.